The summed E-state index contributed by atoms with van der Waals surface area (Å²) in [5.41, 5.74) is 2.70. The van der Waals surface area contributed by atoms with Gasteiger partial charge in [-0.15, -0.1) is 0 Å². The average molecular weight is 400 g/mol. The summed E-state index contributed by atoms with van der Waals surface area (Å²) in [6.45, 7) is 2.35. The summed E-state index contributed by atoms with van der Waals surface area (Å²) in [7, 11) is 1.51. The van der Waals surface area contributed by atoms with E-state index in [2.05, 4.69) is 15.6 Å². The maximum Gasteiger partial charge on any atom is 0.257 e. The molecule has 0 unspecified atom stereocenters. The number of ether oxygens (including phenoxy) is 1. The second-order valence-electron chi connectivity index (χ2n) is 6.17. The highest BCUT2D eigenvalue weighted by Gasteiger charge is 2.12. The summed E-state index contributed by atoms with van der Waals surface area (Å²) < 4.78 is 18.2. The first kappa shape index (κ1) is 19.6. The van der Waals surface area contributed by atoms with Crippen molar-refractivity contribution < 1.29 is 13.9 Å². The number of rotatable bonds is 6. The molecule has 0 spiro atoms. The van der Waals surface area contributed by atoms with Crippen LogP contribution >= 0.6 is 11.6 Å². The number of aryl methyl sites for hydroxylation is 1. The van der Waals surface area contributed by atoms with Crippen molar-refractivity contribution in [1.29, 1.82) is 0 Å². The van der Waals surface area contributed by atoms with Crippen LogP contribution < -0.4 is 15.4 Å². The minimum absolute atomic E-state index is 0.273. The average Bonchev–Trinajstić information content (AvgIpc) is 2.70. The van der Waals surface area contributed by atoms with Gasteiger partial charge in [0.2, 0.25) is 0 Å². The van der Waals surface area contributed by atoms with Gasteiger partial charge < -0.3 is 15.4 Å². The van der Waals surface area contributed by atoms with Crippen LogP contribution in [0, 0.1) is 12.7 Å². The van der Waals surface area contributed by atoms with Crippen LogP contribution in [0.15, 0.2) is 54.7 Å². The normalized spacial score (nSPS) is 10.4. The molecule has 1 heterocycles. The Morgan fingerprint density at radius 1 is 1.18 bits per heavy atom. The molecule has 2 N–H and O–H groups in total. The van der Waals surface area contributed by atoms with E-state index in [1.807, 2.05) is 6.92 Å². The number of nitrogens with zero attached hydrogens (tertiary/aromatic N) is 1. The molecular formula is C21H19ClFN3O2. The van der Waals surface area contributed by atoms with Gasteiger partial charge in [0.05, 0.1) is 18.4 Å². The van der Waals surface area contributed by atoms with Crippen molar-refractivity contribution in [2.45, 2.75) is 13.5 Å². The minimum atomic E-state index is -0.308. The zero-order chi connectivity index (χ0) is 20.1. The molecule has 3 rings (SSSR count). The van der Waals surface area contributed by atoms with Gasteiger partial charge in [0.1, 0.15) is 17.4 Å². The van der Waals surface area contributed by atoms with E-state index >= 15 is 0 Å². The van der Waals surface area contributed by atoms with Gasteiger partial charge in [-0.2, -0.15) is 0 Å². The number of carbonyl (C=O) groups excluding carboxylic acids is 1. The van der Waals surface area contributed by atoms with Crippen molar-refractivity contribution in [3.8, 4) is 5.75 Å². The lowest BCUT2D eigenvalue weighted by atomic mass is 10.2. The number of benzene rings is 2. The van der Waals surface area contributed by atoms with Crippen LogP contribution in [0.2, 0.25) is 5.02 Å². The Labute approximate surface area is 167 Å². The lowest BCUT2D eigenvalue weighted by molar-refractivity contribution is 0.102. The van der Waals surface area contributed by atoms with Crippen molar-refractivity contribution in [1.82, 2.24) is 4.98 Å². The molecule has 0 aliphatic carbocycles. The van der Waals surface area contributed by atoms with Crippen molar-refractivity contribution in [2.75, 3.05) is 17.7 Å². The Morgan fingerprint density at radius 2 is 1.93 bits per heavy atom. The number of hydrogen-bond donors (Lipinski definition) is 2. The van der Waals surface area contributed by atoms with Crippen LogP contribution in [0.4, 0.5) is 15.9 Å². The van der Waals surface area contributed by atoms with E-state index in [0.717, 1.165) is 11.1 Å². The largest absolute Gasteiger partial charge is 0.495 e. The number of nitrogens with one attached hydrogen (secondary N) is 2. The Balaban J connectivity index is 1.65. The number of halogens is 2. The second-order valence-corrected chi connectivity index (χ2v) is 6.58. The Kier molecular flexibility index (Phi) is 6.11. The maximum atomic E-state index is 12.9. The number of hydrogen-bond acceptors (Lipinski definition) is 4. The SMILES string of the molecule is COc1cc(Cl)c(C)cc1NC(=O)c1ccc(NCc2ccc(F)cc2)nc1. The number of carbonyl (C=O) groups is 1. The molecule has 1 aromatic heterocycles. The third-order valence-electron chi connectivity index (χ3n) is 4.14. The fourth-order valence-corrected chi connectivity index (χ4v) is 2.71. The third-order valence-corrected chi connectivity index (χ3v) is 4.55. The molecule has 3 aromatic rings. The van der Waals surface area contributed by atoms with Crippen molar-refractivity contribution in [3.63, 3.8) is 0 Å². The smallest absolute Gasteiger partial charge is 0.257 e. The van der Waals surface area contributed by atoms with E-state index < -0.39 is 0 Å². The predicted octanol–water partition coefficient (Wildman–Crippen LogP) is 5.06. The molecular weight excluding hydrogens is 381 g/mol. The molecule has 0 fully saturated rings. The van der Waals surface area contributed by atoms with Crippen molar-refractivity contribution in [3.05, 3.63) is 82.3 Å². The van der Waals surface area contributed by atoms with E-state index in [-0.39, 0.29) is 11.7 Å². The molecule has 0 aliphatic heterocycles. The van der Waals surface area contributed by atoms with Crippen LogP contribution in [-0.2, 0) is 6.54 Å². The summed E-state index contributed by atoms with van der Waals surface area (Å²) in [4.78, 5) is 16.8. The lowest BCUT2D eigenvalue weighted by Crippen LogP contribution is -2.13. The number of aromatic nitrogens is 1. The third kappa shape index (κ3) is 4.78. The molecule has 2 aromatic carbocycles. The van der Waals surface area contributed by atoms with Gasteiger partial charge >= 0.3 is 0 Å². The topological polar surface area (TPSA) is 63.2 Å². The van der Waals surface area contributed by atoms with E-state index in [4.69, 9.17) is 16.3 Å². The number of amides is 1. The van der Waals surface area contributed by atoms with Gasteiger partial charge in [0, 0.05) is 23.8 Å². The van der Waals surface area contributed by atoms with Crippen LogP contribution in [0.25, 0.3) is 0 Å². The molecule has 5 nitrogen and oxygen atoms in total. The standard InChI is InChI=1S/C21H19ClFN3O2/c1-13-9-18(19(28-2)10-17(13)22)26-21(27)15-5-8-20(25-12-15)24-11-14-3-6-16(23)7-4-14/h3-10,12H,11H2,1-2H3,(H,24,25)(H,26,27). The van der Waals surface area contributed by atoms with Gasteiger partial charge in [-0.3, -0.25) is 4.79 Å². The molecule has 0 bridgehead atoms. The molecule has 28 heavy (non-hydrogen) atoms. The first-order valence-electron chi connectivity index (χ1n) is 8.56. The summed E-state index contributed by atoms with van der Waals surface area (Å²) in [6, 6.07) is 13.0. The van der Waals surface area contributed by atoms with Crippen LogP contribution in [0.5, 0.6) is 5.75 Å². The number of pyridine rings is 1. The zero-order valence-corrected chi connectivity index (χ0v) is 16.2. The molecule has 7 heteroatoms. The second kappa shape index (κ2) is 8.71. The molecule has 0 radical (unpaired) electrons. The van der Waals surface area contributed by atoms with Gasteiger partial charge in [-0.1, -0.05) is 23.7 Å². The molecule has 0 aliphatic rings. The highest BCUT2D eigenvalue weighted by molar-refractivity contribution is 6.31. The lowest BCUT2D eigenvalue weighted by Gasteiger charge is -2.12. The molecule has 1 amide bonds. The van der Waals surface area contributed by atoms with Crippen molar-refractivity contribution >= 4 is 29.0 Å². The van der Waals surface area contributed by atoms with Crippen LogP contribution in [-0.4, -0.2) is 18.0 Å². The van der Waals surface area contributed by atoms with Crippen LogP contribution in [0.3, 0.4) is 0 Å². The Hall–Kier alpha value is -3.12. The predicted molar refractivity (Wildman–Crippen MR) is 109 cm³/mol. The fraction of sp³-hybridized carbons (Fsp3) is 0.143. The van der Waals surface area contributed by atoms with Crippen molar-refractivity contribution in [2.24, 2.45) is 0 Å². The summed E-state index contributed by atoms with van der Waals surface area (Å²) in [5, 5.41) is 6.50. The number of anilines is 2. The molecule has 0 atom stereocenters. The fourth-order valence-electron chi connectivity index (χ4n) is 2.55. The van der Waals surface area contributed by atoms with Gasteiger partial charge in [0.25, 0.3) is 5.91 Å². The van der Waals surface area contributed by atoms with E-state index in [1.165, 1.54) is 25.4 Å². The quantitative estimate of drug-likeness (QED) is 0.608. The van der Waals surface area contributed by atoms with Gasteiger partial charge in [-0.05, 0) is 48.4 Å². The first-order valence-corrected chi connectivity index (χ1v) is 8.94. The Bertz CT molecular complexity index is 976. The summed E-state index contributed by atoms with van der Waals surface area (Å²) >= 11 is 6.09. The summed E-state index contributed by atoms with van der Waals surface area (Å²) in [6.07, 6.45) is 1.48. The minimum Gasteiger partial charge on any atom is -0.495 e. The van der Waals surface area contributed by atoms with E-state index in [0.29, 0.717) is 34.4 Å². The van der Waals surface area contributed by atoms with E-state index in [9.17, 15) is 9.18 Å². The monoisotopic (exact) mass is 399 g/mol. The van der Waals surface area contributed by atoms with Gasteiger partial charge in [0.15, 0.2) is 0 Å². The van der Waals surface area contributed by atoms with Crippen LogP contribution in [0.1, 0.15) is 21.5 Å². The zero-order valence-electron chi connectivity index (χ0n) is 15.4. The first-order chi connectivity index (χ1) is 13.5. The van der Waals surface area contributed by atoms with E-state index in [1.54, 1.807) is 36.4 Å². The van der Waals surface area contributed by atoms with Gasteiger partial charge in [-0.25, -0.2) is 9.37 Å². The molecule has 0 saturated heterocycles. The number of methoxy groups -OCH3 is 1. The Morgan fingerprint density at radius 3 is 2.57 bits per heavy atom. The molecule has 0 saturated carbocycles. The highest BCUT2D eigenvalue weighted by Crippen LogP contribution is 2.31. The maximum absolute atomic E-state index is 12.9. The highest BCUT2D eigenvalue weighted by atomic mass is 35.5. The summed E-state index contributed by atoms with van der Waals surface area (Å²) in [5.74, 6) is 0.512. The molecule has 144 valence electrons.